The Hall–Kier alpha value is -2.67. The summed E-state index contributed by atoms with van der Waals surface area (Å²) in [5.41, 5.74) is -0.913. The van der Waals surface area contributed by atoms with E-state index in [-0.39, 0.29) is 40.8 Å². The van der Waals surface area contributed by atoms with Crippen molar-refractivity contribution in [3.8, 4) is 11.6 Å². The van der Waals surface area contributed by atoms with E-state index in [9.17, 15) is 26.7 Å². The molecule has 0 aliphatic carbocycles. The van der Waals surface area contributed by atoms with Crippen LogP contribution in [0.1, 0.15) is 12.8 Å². The van der Waals surface area contributed by atoms with Crippen LogP contribution in [0.15, 0.2) is 18.2 Å². The number of fused-ring (bicyclic) bond motifs is 1. The lowest BCUT2D eigenvalue weighted by atomic mass is 10.0. The van der Waals surface area contributed by atoms with Crippen LogP contribution in [-0.2, 0) is 24.8 Å². The molecule has 1 amide bonds. The summed E-state index contributed by atoms with van der Waals surface area (Å²) in [5.74, 6) is -2.32. The molecule has 162 valence electrons. The number of hydrogen-bond acceptors (Lipinski definition) is 8. The third-order valence-electron chi connectivity index (χ3n) is 5.06. The number of phenols is 1. The van der Waals surface area contributed by atoms with Crippen LogP contribution in [0, 0.1) is 11.7 Å². The Bertz CT molecular complexity index is 1230. The molecule has 13 heteroatoms. The fourth-order valence-corrected chi connectivity index (χ4v) is 6.21. The summed E-state index contributed by atoms with van der Waals surface area (Å²) in [6, 6.07) is 4.07. The molecule has 2 fully saturated rings. The van der Waals surface area contributed by atoms with Crippen LogP contribution in [0.2, 0.25) is 0 Å². The number of phenolic OH excluding ortho intramolecular Hbond substituents is 1. The first-order chi connectivity index (χ1) is 14.1. The zero-order valence-electron chi connectivity index (χ0n) is 15.5. The predicted molar refractivity (Wildman–Crippen MR) is 105 cm³/mol. The molecule has 30 heavy (non-hydrogen) atoms. The van der Waals surface area contributed by atoms with Gasteiger partial charge in [-0.05, 0) is 30.9 Å². The molecule has 2 aromatic rings. The van der Waals surface area contributed by atoms with Gasteiger partial charge in [-0.3, -0.25) is 4.79 Å². The Morgan fingerprint density at radius 2 is 1.93 bits per heavy atom. The Labute approximate surface area is 171 Å². The van der Waals surface area contributed by atoms with E-state index in [4.69, 9.17) is 4.74 Å². The first-order valence-electron chi connectivity index (χ1n) is 9.04. The van der Waals surface area contributed by atoms with Crippen LogP contribution in [0.25, 0.3) is 10.9 Å². The maximum Gasteiger partial charge on any atom is 0.326 e. The van der Waals surface area contributed by atoms with Crippen LogP contribution >= 0.6 is 0 Å². The van der Waals surface area contributed by atoms with Gasteiger partial charge in [-0.2, -0.15) is 8.42 Å². The highest BCUT2D eigenvalue weighted by Gasteiger charge is 2.38. The molecule has 2 aliphatic rings. The van der Waals surface area contributed by atoms with Crippen molar-refractivity contribution in [1.29, 1.82) is 0 Å². The average molecular weight is 459 g/mol. The molecule has 4 rings (SSSR count). The van der Waals surface area contributed by atoms with E-state index in [1.807, 2.05) is 0 Å². The minimum absolute atomic E-state index is 0.0260. The van der Waals surface area contributed by atoms with Crippen LogP contribution in [0.4, 0.5) is 10.1 Å². The van der Waals surface area contributed by atoms with Gasteiger partial charge in [-0.25, -0.2) is 26.8 Å². The number of halogens is 1. The van der Waals surface area contributed by atoms with E-state index >= 15 is 4.39 Å². The van der Waals surface area contributed by atoms with Crippen LogP contribution < -0.4 is 13.8 Å². The highest BCUT2D eigenvalue weighted by molar-refractivity contribution is 7.92. The van der Waals surface area contributed by atoms with Gasteiger partial charge in [0.05, 0.1) is 18.1 Å². The molecule has 2 aliphatic heterocycles. The number of amides is 1. The minimum atomic E-state index is -4.32. The van der Waals surface area contributed by atoms with Gasteiger partial charge in [0, 0.05) is 11.5 Å². The Morgan fingerprint density at radius 1 is 1.23 bits per heavy atom. The number of aromatic nitrogens is 1. The molecule has 0 atom stereocenters. The van der Waals surface area contributed by atoms with E-state index in [0.29, 0.717) is 17.1 Å². The number of sulfone groups is 1. The van der Waals surface area contributed by atoms with Crippen LogP contribution in [-0.4, -0.2) is 57.5 Å². The molecular weight excluding hydrogens is 441 g/mol. The molecule has 3 heterocycles. The Morgan fingerprint density at radius 3 is 2.57 bits per heavy atom. The van der Waals surface area contributed by atoms with Crippen molar-refractivity contribution in [3.63, 3.8) is 0 Å². The average Bonchev–Trinajstić information content (AvgIpc) is 2.93. The van der Waals surface area contributed by atoms with Crippen molar-refractivity contribution in [3.05, 3.63) is 24.0 Å². The molecule has 0 spiro atoms. The minimum Gasteiger partial charge on any atom is -0.506 e. The standard InChI is InChI=1S/C17H18FN3O7S2/c18-15-16-11(7-12(22)17(15)21-8-13(23)20-30(21,26)27)1-2-14(19-16)28-9-10-3-5-29(24,25)6-4-10/h1-2,7,10,22H,3-6,8-9H2,(H,20,23). The second-order valence-corrected chi connectivity index (χ2v) is 11.1. The second kappa shape index (κ2) is 7.23. The maximum absolute atomic E-state index is 15.1. The molecule has 2 N–H and O–H groups in total. The number of rotatable bonds is 4. The number of nitrogens with zero attached hydrogens (tertiary/aromatic N) is 2. The van der Waals surface area contributed by atoms with E-state index in [1.165, 1.54) is 12.1 Å². The number of aromatic hydroxyl groups is 1. The Kier molecular flexibility index (Phi) is 4.97. The van der Waals surface area contributed by atoms with Crippen LogP contribution in [0.3, 0.4) is 0 Å². The van der Waals surface area contributed by atoms with Gasteiger partial charge in [0.25, 0.3) is 5.91 Å². The summed E-state index contributed by atoms with van der Waals surface area (Å²) in [5, 5.41) is 10.4. The maximum atomic E-state index is 15.1. The largest absolute Gasteiger partial charge is 0.506 e. The number of hydrogen-bond donors (Lipinski definition) is 2. The van der Waals surface area contributed by atoms with E-state index in [0.717, 1.165) is 6.07 Å². The van der Waals surface area contributed by atoms with Gasteiger partial charge in [-0.1, -0.05) is 0 Å². The monoisotopic (exact) mass is 459 g/mol. The highest BCUT2D eigenvalue weighted by Crippen LogP contribution is 2.38. The SMILES string of the molecule is O=C1CN(c2c(O)cc3ccc(OCC4CCS(=O)(=O)CC4)nc3c2F)S(=O)(=O)N1. The number of nitrogens with one attached hydrogen (secondary N) is 1. The highest BCUT2D eigenvalue weighted by atomic mass is 32.2. The fraction of sp³-hybridized carbons (Fsp3) is 0.412. The number of ether oxygens (including phenoxy) is 1. The molecule has 0 saturated carbocycles. The molecular formula is C17H18FN3O7S2. The summed E-state index contributed by atoms with van der Waals surface area (Å²) in [7, 11) is -7.31. The summed E-state index contributed by atoms with van der Waals surface area (Å²) < 4.78 is 69.9. The van der Waals surface area contributed by atoms with Gasteiger partial charge in [0.15, 0.2) is 5.82 Å². The fourth-order valence-electron chi connectivity index (χ4n) is 3.46. The molecule has 1 aromatic carbocycles. The van der Waals surface area contributed by atoms with Crippen molar-refractivity contribution >= 4 is 42.5 Å². The van der Waals surface area contributed by atoms with Crippen molar-refractivity contribution in [2.24, 2.45) is 5.92 Å². The Balaban J connectivity index is 1.62. The van der Waals surface area contributed by atoms with Crippen molar-refractivity contribution in [2.75, 3.05) is 29.0 Å². The topological polar surface area (TPSA) is 143 Å². The van der Waals surface area contributed by atoms with E-state index in [2.05, 4.69) is 4.98 Å². The normalized spacial score (nSPS) is 21.0. The summed E-state index contributed by atoms with van der Waals surface area (Å²) in [6.07, 6.45) is 0.937. The lowest BCUT2D eigenvalue weighted by Crippen LogP contribution is -2.30. The summed E-state index contributed by atoms with van der Waals surface area (Å²) in [4.78, 5) is 15.5. The van der Waals surface area contributed by atoms with Crippen molar-refractivity contribution < 1.29 is 35.9 Å². The third kappa shape index (κ3) is 3.86. The van der Waals surface area contributed by atoms with Crippen molar-refractivity contribution in [2.45, 2.75) is 12.8 Å². The first-order valence-corrected chi connectivity index (χ1v) is 12.3. The molecule has 0 bridgehead atoms. The van der Waals surface area contributed by atoms with Gasteiger partial charge in [-0.15, -0.1) is 0 Å². The van der Waals surface area contributed by atoms with E-state index in [1.54, 1.807) is 4.72 Å². The smallest absolute Gasteiger partial charge is 0.326 e. The zero-order chi connectivity index (χ0) is 21.7. The lowest BCUT2D eigenvalue weighted by Gasteiger charge is -2.22. The number of pyridine rings is 1. The molecule has 1 aromatic heterocycles. The molecule has 0 unspecified atom stereocenters. The third-order valence-corrected chi connectivity index (χ3v) is 8.16. The number of carbonyl (C=O) groups is 1. The quantitative estimate of drug-likeness (QED) is 0.671. The molecule has 0 radical (unpaired) electrons. The van der Waals surface area contributed by atoms with Gasteiger partial charge in [0.1, 0.15) is 33.3 Å². The van der Waals surface area contributed by atoms with Crippen molar-refractivity contribution in [1.82, 2.24) is 9.71 Å². The van der Waals surface area contributed by atoms with Gasteiger partial charge < -0.3 is 9.84 Å². The van der Waals surface area contributed by atoms with Gasteiger partial charge in [0.2, 0.25) is 5.88 Å². The second-order valence-electron chi connectivity index (χ2n) is 7.22. The molecule has 10 nitrogen and oxygen atoms in total. The number of carbonyl (C=O) groups excluding carboxylic acids is 1. The number of anilines is 1. The first kappa shape index (κ1) is 20.6. The summed E-state index contributed by atoms with van der Waals surface area (Å²) >= 11 is 0. The lowest BCUT2D eigenvalue weighted by molar-refractivity contribution is -0.117. The van der Waals surface area contributed by atoms with Gasteiger partial charge >= 0.3 is 10.2 Å². The summed E-state index contributed by atoms with van der Waals surface area (Å²) in [6.45, 7) is -0.460. The van der Waals surface area contributed by atoms with E-state index < -0.39 is 49.8 Å². The zero-order valence-corrected chi connectivity index (χ0v) is 17.2. The predicted octanol–water partition coefficient (Wildman–Crippen LogP) is 0.464. The van der Waals surface area contributed by atoms with Crippen LogP contribution in [0.5, 0.6) is 11.6 Å². The number of benzene rings is 1. The molecule has 2 saturated heterocycles.